The lowest BCUT2D eigenvalue weighted by atomic mass is 9.78. The Labute approximate surface area is 112 Å². The van der Waals surface area contributed by atoms with Crippen molar-refractivity contribution in [3.8, 4) is 0 Å². The van der Waals surface area contributed by atoms with Gasteiger partial charge in [0.05, 0.1) is 0 Å². The van der Waals surface area contributed by atoms with E-state index in [9.17, 15) is 13.2 Å². The van der Waals surface area contributed by atoms with Gasteiger partial charge in [0, 0.05) is 32.3 Å². The molecule has 2 aliphatic rings. The van der Waals surface area contributed by atoms with Crippen molar-refractivity contribution in [3.05, 3.63) is 0 Å². The summed E-state index contributed by atoms with van der Waals surface area (Å²) in [6.45, 7) is 1.92. The molecule has 1 heterocycles. The highest BCUT2D eigenvalue weighted by Crippen LogP contribution is 2.35. The Kier molecular flexibility index (Phi) is 5.09. The third kappa shape index (κ3) is 4.61. The van der Waals surface area contributed by atoms with Crippen LogP contribution in [0.25, 0.3) is 0 Å². The molecule has 3 unspecified atom stereocenters. The largest absolute Gasteiger partial charge is 0.411 e. The summed E-state index contributed by atoms with van der Waals surface area (Å²) >= 11 is 0. The molecule has 1 saturated heterocycles. The number of halogens is 3. The van der Waals surface area contributed by atoms with Crippen LogP contribution in [0, 0.1) is 11.8 Å². The Morgan fingerprint density at radius 1 is 1.21 bits per heavy atom. The zero-order valence-electron chi connectivity index (χ0n) is 11.2. The molecule has 0 aromatic rings. The highest BCUT2D eigenvalue weighted by molar-refractivity contribution is 4.92. The maximum atomic E-state index is 11.9. The number of hydrogen-bond acceptors (Lipinski definition) is 3. The lowest BCUT2D eigenvalue weighted by Crippen LogP contribution is -2.38. The van der Waals surface area contributed by atoms with E-state index in [0.717, 1.165) is 26.1 Å². The van der Waals surface area contributed by atoms with E-state index in [1.165, 1.54) is 12.8 Å². The molecule has 6 heteroatoms. The van der Waals surface area contributed by atoms with Crippen LogP contribution in [0.2, 0.25) is 0 Å². The minimum absolute atomic E-state index is 0.178. The molecule has 19 heavy (non-hydrogen) atoms. The minimum Gasteiger partial charge on any atom is -0.372 e. The highest BCUT2D eigenvalue weighted by atomic mass is 19.4. The third-order valence-corrected chi connectivity index (χ3v) is 4.26. The van der Waals surface area contributed by atoms with Crippen molar-refractivity contribution in [1.82, 2.24) is 4.90 Å². The summed E-state index contributed by atoms with van der Waals surface area (Å²) in [5.74, 6) is 1.28. The van der Waals surface area contributed by atoms with E-state index >= 15 is 0 Å². The molecule has 0 aromatic carbocycles. The van der Waals surface area contributed by atoms with Crippen molar-refractivity contribution >= 4 is 0 Å². The Bertz CT molecular complexity index is 286. The average Bonchev–Trinajstić information content (AvgIpc) is 2.71. The first-order chi connectivity index (χ1) is 8.96. The molecule has 3 nitrogen and oxygen atoms in total. The number of ether oxygens (including phenoxy) is 1. The van der Waals surface area contributed by atoms with Gasteiger partial charge < -0.3 is 15.4 Å². The van der Waals surface area contributed by atoms with Crippen LogP contribution in [0.15, 0.2) is 0 Å². The van der Waals surface area contributed by atoms with Gasteiger partial charge in [-0.2, -0.15) is 13.2 Å². The van der Waals surface area contributed by atoms with E-state index in [0.29, 0.717) is 24.3 Å². The number of hydrogen-bond donors (Lipinski definition) is 1. The van der Waals surface area contributed by atoms with Crippen molar-refractivity contribution in [1.29, 1.82) is 0 Å². The summed E-state index contributed by atoms with van der Waals surface area (Å²) in [6, 6.07) is 0.310. The molecular formula is C13H23F3N2O. The van der Waals surface area contributed by atoms with Crippen LogP contribution in [0.3, 0.4) is 0 Å². The van der Waals surface area contributed by atoms with E-state index in [-0.39, 0.29) is 6.61 Å². The molecule has 2 N–H and O–H groups in total. The Balaban J connectivity index is 1.60. The number of nitrogens with zero attached hydrogens (tertiary/aromatic N) is 1. The number of nitrogens with two attached hydrogens (primary N) is 1. The van der Waals surface area contributed by atoms with Crippen molar-refractivity contribution in [2.75, 3.05) is 32.8 Å². The van der Waals surface area contributed by atoms with Crippen LogP contribution in [0.5, 0.6) is 0 Å². The van der Waals surface area contributed by atoms with Gasteiger partial charge in [-0.05, 0) is 31.1 Å². The third-order valence-electron chi connectivity index (χ3n) is 4.26. The van der Waals surface area contributed by atoms with Crippen LogP contribution in [-0.2, 0) is 4.74 Å². The molecule has 0 spiro atoms. The maximum absolute atomic E-state index is 11.9. The Hall–Kier alpha value is -0.330. The van der Waals surface area contributed by atoms with Crippen LogP contribution in [-0.4, -0.2) is 50.0 Å². The molecule has 0 bridgehead atoms. The summed E-state index contributed by atoms with van der Waals surface area (Å²) < 4.78 is 40.3. The quantitative estimate of drug-likeness (QED) is 0.783. The molecule has 1 aliphatic carbocycles. The molecule has 2 fully saturated rings. The van der Waals surface area contributed by atoms with Gasteiger partial charge in [-0.3, -0.25) is 0 Å². The van der Waals surface area contributed by atoms with Crippen LogP contribution in [0.4, 0.5) is 13.2 Å². The Morgan fingerprint density at radius 2 is 2.00 bits per heavy atom. The van der Waals surface area contributed by atoms with Crippen molar-refractivity contribution in [2.24, 2.45) is 17.6 Å². The highest BCUT2D eigenvalue weighted by Gasteiger charge is 2.38. The van der Waals surface area contributed by atoms with Crippen LogP contribution in [0.1, 0.15) is 25.7 Å². The first-order valence-corrected chi connectivity index (χ1v) is 7.08. The summed E-state index contributed by atoms with van der Waals surface area (Å²) in [7, 11) is 0. The fourth-order valence-corrected chi connectivity index (χ4v) is 3.37. The number of rotatable bonds is 5. The van der Waals surface area contributed by atoms with Gasteiger partial charge in [0.1, 0.15) is 6.61 Å². The topological polar surface area (TPSA) is 38.5 Å². The van der Waals surface area contributed by atoms with E-state index < -0.39 is 12.8 Å². The molecule has 1 saturated carbocycles. The van der Waals surface area contributed by atoms with Gasteiger partial charge in [0.15, 0.2) is 0 Å². The molecule has 0 amide bonds. The number of fused-ring (bicyclic) bond motifs is 1. The fourth-order valence-electron chi connectivity index (χ4n) is 3.37. The van der Waals surface area contributed by atoms with E-state index in [1.54, 1.807) is 0 Å². The maximum Gasteiger partial charge on any atom is 0.411 e. The minimum atomic E-state index is -4.21. The summed E-state index contributed by atoms with van der Waals surface area (Å²) in [5.41, 5.74) is 6.13. The zero-order chi connectivity index (χ0) is 13.9. The summed E-state index contributed by atoms with van der Waals surface area (Å²) in [5, 5.41) is 0. The number of likely N-dealkylation sites (tertiary alicyclic amines) is 1. The lowest BCUT2D eigenvalue weighted by Gasteiger charge is -2.29. The first kappa shape index (κ1) is 15.1. The van der Waals surface area contributed by atoms with Gasteiger partial charge in [-0.25, -0.2) is 0 Å². The van der Waals surface area contributed by atoms with Gasteiger partial charge in [0.2, 0.25) is 0 Å². The van der Waals surface area contributed by atoms with E-state index in [4.69, 9.17) is 5.73 Å². The van der Waals surface area contributed by atoms with Gasteiger partial charge in [-0.1, -0.05) is 6.42 Å². The molecule has 0 radical (unpaired) electrons. The summed E-state index contributed by atoms with van der Waals surface area (Å²) in [4.78, 5) is 2.33. The first-order valence-electron chi connectivity index (χ1n) is 7.08. The second-order valence-corrected chi connectivity index (χ2v) is 5.80. The lowest BCUT2D eigenvalue weighted by molar-refractivity contribution is -0.174. The van der Waals surface area contributed by atoms with Crippen molar-refractivity contribution in [2.45, 2.75) is 37.9 Å². The molecule has 1 aliphatic heterocycles. The molecular weight excluding hydrogens is 257 g/mol. The van der Waals surface area contributed by atoms with Gasteiger partial charge in [0.25, 0.3) is 0 Å². The second-order valence-electron chi connectivity index (χ2n) is 5.80. The molecule has 112 valence electrons. The predicted molar refractivity (Wildman–Crippen MR) is 66.7 cm³/mol. The van der Waals surface area contributed by atoms with Crippen molar-refractivity contribution in [3.63, 3.8) is 0 Å². The standard InChI is InChI=1S/C13H23F3N2O/c14-13(15,16)9-19-6-2-5-18-7-10-3-1-4-12(17)11(10)8-18/h10-12H,1-9,17H2. The van der Waals surface area contributed by atoms with E-state index in [2.05, 4.69) is 9.64 Å². The monoisotopic (exact) mass is 280 g/mol. The zero-order valence-corrected chi connectivity index (χ0v) is 11.2. The van der Waals surface area contributed by atoms with E-state index in [1.807, 2.05) is 0 Å². The SMILES string of the molecule is NC1CCCC2CN(CCCOCC(F)(F)F)CC12. The normalized spacial score (nSPS) is 32.5. The summed E-state index contributed by atoms with van der Waals surface area (Å²) in [6.07, 6.45) is 0.0219. The molecule has 3 atom stereocenters. The van der Waals surface area contributed by atoms with Gasteiger partial charge >= 0.3 is 6.18 Å². The molecule has 0 aromatic heterocycles. The van der Waals surface area contributed by atoms with Crippen LogP contribution < -0.4 is 5.73 Å². The van der Waals surface area contributed by atoms with Gasteiger partial charge in [-0.15, -0.1) is 0 Å². The average molecular weight is 280 g/mol. The van der Waals surface area contributed by atoms with Crippen molar-refractivity contribution < 1.29 is 17.9 Å². The number of alkyl halides is 3. The molecule has 2 rings (SSSR count). The van der Waals surface area contributed by atoms with Crippen LogP contribution >= 0.6 is 0 Å². The Morgan fingerprint density at radius 3 is 2.68 bits per heavy atom. The second kappa shape index (κ2) is 6.41. The predicted octanol–water partition coefficient (Wildman–Crippen LogP) is 2.01. The smallest absolute Gasteiger partial charge is 0.372 e. The fraction of sp³-hybridized carbons (Fsp3) is 1.00.